The Morgan fingerprint density at radius 3 is 1.27 bits per heavy atom. The number of hydrogen-bond donors (Lipinski definition) is 0. The van der Waals surface area contributed by atoms with Gasteiger partial charge < -0.3 is 14.4 Å². The molecule has 0 aliphatic rings. The van der Waals surface area contributed by atoms with Crippen molar-refractivity contribution < 1.29 is 0 Å². The van der Waals surface area contributed by atoms with Gasteiger partial charge in [0.25, 0.3) is 0 Å². The molecule has 0 bridgehead atoms. The molecule has 8 heteroatoms. The van der Waals surface area contributed by atoms with Crippen LogP contribution in [0.4, 0.5) is 45.5 Å². The first-order valence-electron chi connectivity index (χ1n) is 26.5. The molecular weight excluding hydrogens is 989 g/mol. The Morgan fingerprint density at radius 1 is 0.358 bits per heavy atom. The molecule has 2 aromatic heterocycles. The van der Waals surface area contributed by atoms with Crippen LogP contribution in [0.25, 0.3) is 93.3 Å². The molecule has 0 N–H and O–H groups in total. The molecule has 0 fully saturated rings. The highest BCUT2D eigenvalue weighted by atomic mass is 15.1. The van der Waals surface area contributed by atoms with Gasteiger partial charge in [0.1, 0.15) is 0 Å². The Bertz CT molecular complexity index is 4300. The lowest BCUT2D eigenvalue weighted by atomic mass is 9.95. The van der Waals surface area contributed by atoms with Gasteiger partial charge in [0.2, 0.25) is 0 Å². The fourth-order valence-corrected chi connectivity index (χ4v) is 10.8. The van der Waals surface area contributed by atoms with Crippen molar-refractivity contribution in [2.75, 3.05) is 9.80 Å². The number of rotatable bonds is 12. The van der Waals surface area contributed by atoms with Crippen LogP contribution >= 0.6 is 0 Å². The van der Waals surface area contributed by atoms with E-state index in [1.54, 1.807) is 24.3 Å². The molecule has 81 heavy (non-hydrogen) atoms. The van der Waals surface area contributed by atoms with E-state index in [0.29, 0.717) is 45.3 Å². The van der Waals surface area contributed by atoms with Gasteiger partial charge in [0.05, 0.1) is 47.2 Å². The first kappa shape index (κ1) is 49.0. The number of nitrogens with zero attached hydrogens (tertiary/aromatic N) is 8. The predicted octanol–water partition coefficient (Wildman–Crippen LogP) is 19.8. The number of para-hydroxylation sites is 4. The van der Waals surface area contributed by atoms with Gasteiger partial charge >= 0.3 is 0 Å². The summed E-state index contributed by atoms with van der Waals surface area (Å²) in [6, 6.07) is 97.6. The van der Waals surface area contributed by atoms with Crippen LogP contribution in [-0.4, -0.2) is 14.5 Å². The minimum absolute atomic E-state index is 0.417. The molecule has 0 spiro atoms. The van der Waals surface area contributed by atoms with E-state index < -0.39 is 0 Å². The molecule has 0 saturated heterocycles. The Hall–Kier alpha value is -11.6. The molecule has 11 aromatic carbocycles. The molecule has 0 atom stereocenters. The summed E-state index contributed by atoms with van der Waals surface area (Å²) in [6.07, 6.45) is 0. The summed E-state index contributed by atoms with van der Waals surface area (Å²) in [4.78, 5) is 21.7. The predicted molar refractivity (Wildman–Crippen MR) is 330 cm³/mol. The molecule has 0 saturated carbocycles. The smallest absolute Gasteiger partial charge is 0.187 e. The molecule has 0 amide bonds. The maximum atomic E-state index is 10.6. The fourth-order valence-electron chi connectivity index (χ4n) is 10.8. The summed E-state index contributed by atoms with van der Waals surface area (Å²) in [5.41, 5.74) is 18.3. The first-order valence-corrected chi connectivity index (χ1v) is 26.5. The van der Waals surface area contributed by atoms with Crippen LogP contribution in [-0.2, 0) is 0 Å². The Morgan fingerprint density at radius 2 is 0.790 bits per heavy atom. The van der Waals surface area contributed by atoms with Gasteiger partial charge in [-0.3, -0.25) is 0 Å². The standard InChI is InChI=1S/C73H46N8/c1-75-57-19-15-17-54(44-57)69-48-70(78-73(77-69)55-18-16-20-58(45-55)76-2)66-40-35-53(43-56(66)49-74)52-31-29-50(30-32-52)51-33-36-63(37-34-51)81-71-41-38-64(79(59-21-7-3-8-22-59)60-23-9-4-10-24-60)46-67(71)68-47-65(39-42-72(68)81)80(61-25-11-5-12-26-61)62-27-13-6-14-28-62/h3-48H. The zero-order valence-electron chi connectivity index (χ0n) is 43.6. The Kier molecular flexibility index (Phi) is 12.9. The van der Waals surface area contributed by atoms with E-state index in [2.05, 4.69) is 236 Å². The SMILES string of the molecule is [C-]#[N+]c1cccc(-c2cc(-c3ccc(-c4ccc(-c5ccc(-n6c7ccc(N(c8ccccc8)c8ccccc8)cc7c7cc(N(c8ccccc8)c8ccccc8)ccc76)cc5)cc4)cc3C#N)nc(-c3cccc([N+]#[C-])c3)n2)c1. The summed E-state index contributed by atoms with van der Waals surface area (Å²) in [6.45, 7) is 15.2. The van der Waals surface area contributed by atoms with E-state index >= 15 is 0 Å². The van der Waals surface area contributed by atoms with Gasteiger partial charge in [-0.1, -0.05) is 158 Å². The van der Waals surface area contributed by atoms with Crippen LogP contribution < -0.4 is 9.80 Å². The second-order valence-corrected chi connectivity index (χ2v) is 19.5. The molecule has 0 unspecified atom stereocenters. The highest BCUT2D eigenvalue weighted by Gasteiger charge is 2.21. The van der Waals surface area contributed by atoms with Gasteiger partial charge in [0, 0.05) is 61.7 Å². The number of nitriles is 1. The van der Waals surface area contributed by atoms with Crippen LogP contribution in [0, 0.1) is 24.5 Å². The summed E-state index contributed by atoms with van der Waals surface area (Å²) >= 11 is 0. The third-order valence-electron chi connectivity index (χ3n) is 14.6. The summed E-state index contributed by atoms with van der Waals surface area (Å²) in [5, 5.41) is 12.9. The van der Waals surface area contributed by atoms with Crippen LogP contribution in [0.1, 0.15) is 5.56 Å². The second kappa shape index (κ2) is 21.4. The molecule has 2 heterocycles. The molecule has 0 radical (unpaired) electrons. The number of benzene rings is 11. The van der Waals surface area contributed by atoms with Gasteiger partial charge in [-0.25, -0.2) is 19.7 Å². The molecule has 8 nitrogen and oxygen atoms in total. The monoisotopic (exact) mass is 1030 g/mol. The molecule has 0 aliphatic heterocycles. The quantitative estimate of drug-likeness (QED) is 0.114. The lowest BCUT2D eigenvalue weighted by Crippen LogP contribution is -2.09. The second-order valence-electron chi connectivity index (χ2n) is 19.5. The number of fused-ring (bicyclic) bond motifs is 3. The van der Waals surface area contributed by atoms with Crippen LogP contribution in [0.15, 0.2) is 279 Å². The molecule has 13 rings (SSSR count). The van der Waals surface area contributed by atoms with E-state index in [1.165, 1.54) is 0 Å². The highest BCUT2D eigenvalue weighted by Crippen LogP contribution is 2.43. The first-order chi connectivity index (χ1) is 40.0. The van der Waals surface area contributed by atoms with E-state index in [0.717, 1.165) is 89.4 Å². The number of aromatic nitrogens is 3. The molecule has 378 valence electrons. The third kappa shape index (κ3) is 9.57. The van der Waals surface area contributed by atoms with Crippen molar-refractivity contribution in [3.05, 3.63) is 307 Å². The minimum Gasteiger partial charge on any atom is -0.310 e. The maximum Gasteiger partial charge on any atom is 0.187 e. The van der Waals surface area contributed by atoms with Crippen molar-refractivity contribution in [2.45, 2.75) is 0 Å². The maximum absolute atomic E-state index is 10.6. The zero-order chi connectivity index (χ0) is 54.7. The average Bonchev–Trinajstić information content (AvgIpc) is 3.96. The van der Waals surface area contributed by atoms with Crippen molar-refractivity contribution in [2.24, 2.45) is 0 Å². The average molecular weight is 1040 g/mol. The fraction of sp³-hybridized carbons (Fsp3) is 0. The largest absolute Gasteiger partial charge is 0.310 e. The van der Waals surface area contributed by atoms with E-state index in [1.807, 2.05) is 48.5 Å². The van der Waals surface area contributed by atoms with Crippen LogP contribution in [0.3, 0.4) is 0 Å². The van der Waals surface area contributed by atoms with Gasteiger partial charge in [0.15, 0.2) is 17.2 Å². The summed E-state index contributed by atoms with van der Waals surface area (Å²) in [5.74, 6) is 0.417. The Balaban J connectivity index is 0.854. The number of hydrogen-bond acceptors (Lipinski definition) is 5. The van der Waals surface area contributed by atoms with Gasteiger partial charge in [-0.05, 0) is 149 Å². The van der Waals surface area contributed by atoms with Crippen molar-refractivity contribution in [3.8, 4) is 67.9 Å². The Labute approximate surface area is 469 Å². The van der Waals surface area contributed by atoms with Crippen molar-refractivity contribution in [1.82, 2.24) is 14.5 Å². The molecule has 0 aliphatic carbocycles. The minimum atomic E-state index is 0.417. The molecular formula is C73H46N8. The lowest BCUT2D eigenvalue weighted by Gasteiger charge is -2.26. The zero-order valence-corrected chi connectivity index (χ0v) is 43.6. The van der Waals surface area contributed by atoms with Crippen molar-refractivity contribution >= 4 is 67.3 Å². The van der Waals surface area contributed by atoms with Gasteiger partial charge in [-0.15, -0.1) is 0 Å². The normalized spacial score (nSPS) is 10.9. The molecule has 13 aromatic rings. The van der Waals surface area contributed by atoms with Crippen LogP contribution in [0.2, 0.25) is 0 Å². The number of anilines is 6. The summed E-state index contributed by atoms with van der Waals surface area (Å²) in [7, 11) is 0. The van der Waals surface area contributed by atoms with E-state index in [9.17, 15) is 5.26 Å². The third-order valence-corrected chi connectivity index (χ3v) is 14.6. The summed E-state index contributed by atoms with van der Waals surface area (Å²) < 4.78 is 2.37. The van der Waals surface area contributed by atoms with Crippen molar-refractivity contribution in [1.29, 1.82) is 5.26 Å². The van der Waals surface area contributed by atoms with Gasteiger partial charge in [-0.2, -0.15) is 5.26 Å². The van der Waals surface area contributed by atoms with E-state index in [4.69, 9.17) is 23.1 Å². The lowest BCUT2D eigenvalue weighted by molar-refractivity contribution is 1.18. The van der Waals surface area contributed by atoms with Crippen LogP contribution in [0.5, 0.6) is 0 Å². The highest BCUT2D eigenvalue weighted by molar-refractivity contribution is 6.12. The van der Waals surface area contributed by atoms with E-state index in [-0.39, 0.29) is 0 Å². The topological polar surface area (TPSA) is 69.7 Å². The van der Waals surface area contributed by atoms with Crippen molar-refractivity contribution in [3.63, 3.8) is 0 Å².